The van der Waals surface area contributed by atoms with Crippen LogP contribution in [0.4, 0.5) is 0 Å². The summed E-state index contributed by atoms with van der Waals surface area (Å²) in [5, 5.41) is 3.35. The molecule has 0 unspecified atom stereocenters. The lowest BCUT2D eigenvalue weighted by molar-refractivity contribution is -0.136. The Kier molecular flexibility index (Phi) is 7.83. The highest BCUT2D eigenvalue weighted by atomic mass is 35.5. The smallest absolute Gasteiger partial charge is 0.232 e. The van der Waals surface area contributed by atoms with Gasteiger partial charge in [0.25, 0.3) is 0 Å². The highest BCUT2D eigenvalue weighted by molar-refractivity contribution is 6.31. The van der Waals surface area contributed by atoms with Crippen LogP contribution in [0.15, 0.2) is 24.3 Å². The van der Waals surface area contributed by atoms with Crippen molar-refractivity contribution in [3.05, 3.63) is 34.9 Å². The molecular weight excluding hydrogens is 288 g/mol. The SMILES string of the molecule is CCCN(CCC)C(=O)CC(=O)NCc1ccccc1Cl. The summed E-state index contributed by atoms with van der Waals surface area (Å²) < 4.78 is 0. The number of hydrogen-bond donors (Lipinski definition) is 1. The number of halogens is 1. The molecule has 1 rings (SSSR count). The lowest BCUT2D eigenvalue weighted by Gasteiger charge is -2.21. The molecule has 2 amide bonds. The number of hydrogen-bond acceptors (Lipinski definition) is 2. The molecule has 0 saturated heterocycles. The Labute approximate surface area is 131 Å². The van der Waals surface area contributed by atoms with Crippen LogP contribution < -0.4 is 5.32 Å². The van der Waals surface area contributed by atoms with Crippen molar-refractivity contribution in [1.29, 1.82) is 0 Å². The average molecular weight is 311 g/mol. The van der Waals surface area contributed by atoms with Crippen molar-refractivity contribution in [2.75, 3.05) is 13.1 Å². The highest BCUT2D eigenvalue weighted by Gasteiger charge is 2.15. The van der Waals surface area contributed by atoms with Crippen molar-refractivity contribution in [1.82, 2.24) is 10.2 Å². The van der Waals surface area contributed by atoms with Crippen LogP contribution in [0.1, 0.15) is 38.7 Å². The molecule has 0 aliphatic carbocycles. The van der Waals surface area contributed by atoms with E-state index in [4.69, 9.17) is 11.6 Å². The van der Waals surface area contributed by atoms with Gasteiger partial charge in [-0.3, -0.25) is 9.59 Å². The molecule has 21 heavy (non-hydrogen) atoms. The standard InChI is InChI=1S/C16H23ClN2O2/c1-3-9-19(10-4-2)16(21)11-15(20)18-12-13-7-5-6-8-14(13)17/h5-8H,3-4,9-12H2,1-2H3,(H,18,20). The zero-order valence-electron chi connectivity index (χ0n) is 12.7. The molecule has 0 aromatic heterocycles. The maximum absolute atomic E-state index is 12.1. The van der Waals surface area contributed by atoms with E-state index in [1.807, 2.05) is 32.0 Å². The number of amides is 2. The quantitative estimate of drug-likeness (QED) is 0.750. The maximum Gasteiger partial charge on any atom is 0.232 e. The first kappa shape index (κ1) is 17.5. The molecule has 0 atom stereocenters. The monoisotopic (exact) mass is 310 g/mol. The minimum Gasteiger partial charge on any atom is -0.352 e. The Hall–Kier alpha value is -1.55. The van der Waals surface area contributed by atoms with E-state index < -0.39 is 0 Å². The van der Waals surface area contributed by atoms with E-state index in [0.29, 0.717) is 24.7 Å². The first-order valence-corrected chi connectivity index (χ1v) is 7.74. The fourth-order valence-corrected chi connectivity index (χ4v) is 2.25. The second-order valence-electron chi connectivity index (χ2n) is 4.93. The molecule has 116 valence electrons. The van der Waals surface area contributed by atoms with Gasteiger partial charge < -0.3 is 10.2 Å². The van der Waals surface area contributed by atoms with E-state index in [2.05, 4.69) is 5.32 Å². The summed E-state index contributed by atoms with van der Waals surface area (Å²) in [5.41, 5.74) is 0.846. The molecule has 0 saturated carbocycles. The predicted octanol–water partition coefficient (Wildman–Crippen LogP) is 2.99. The van der Waals surface area contributed by atoms with Gasteiger partial charge in [0.1, 0.15) is 6.42 Å². The summed E-state index contributed by atoms with van der Waals surface area (Å²) in [6, 6.07) is 7.33. The van der Waals surface area contributed by atoms with Gasteiger partial charge in [0, 0.05) is 24.7 Å². The molecule has 5 heteroatoms. The summed E-state index contributed by atoms with van der Waals surface area (Å²) in [6.45, 7) is 5.78. The van der Waals surface area contributed by atoms with E-state index in [0.717, 1.165) is 18.4 Å². The molecule has 0 spiro atoms. The van der Waals surface area contributed by atoms with E-state index >= 15 is 0 Å². The summed E-state index contributed by atoms with van der Waals surface area (Å²) in [5.74, 6) is -0.382. The van der Waals surface area contributed by atoms with Crippen LogP contribution in [0.3, 0.4) is 0 Å². The van der Waals surface area contributed by atoms with Gasteiger partial charge in [-0.15, -0.1) is 0 Å². The molecule has 1 N–H and O–H groups in total. The van der Waals surface area contributed by atoms with Crippen molar-refractivity contribution >= 4 is 23.4 Å². The lowest BCUT2D eigenvalue weighted by Crippen LogP contribution is -2.36. The predicted molar refractivity (Wildman–Crippen MR) is 85.1 cm³/mol. The van der Waals surface area contributed by atoms with Crippen molar-refractivity contribution in [2.24, 2.45) is 0 Å². The molecule has 0 aliphatic heterocycles. The number of rotatable bonds is 8. The second-order valence-corrected chi connectivity index (χ2v) is 5.33. The van der Waals surface area contributed by atoms with E-state index in [-0.39, 0.29) is 18.2 Å². The van der Waals surface area contributed by atoms with Crippen LogP contribution >= 0.6 is 11.6 Å². The number of benzene rings is 1. The lowest BCUT2D eigenvalue weighted by atomic mass is 10.2. The van der Waals surface area contributed by atoms with Crippen molar-refractivity contribution < 1.29 is 9.59 Å². The normalized spacial score (nSPS) is 10.2. The third-order valence-electron chi connectivity index (χ3n) is 3.09. The van der Waals surface area contributed by atoms with Gasteiger partial charge in [0.2, 0.25) is 11.8 Å². The molecule has 4 nitrogen and oxygen atoms in total. The third-order valence-corrected chi connectivity index (χ3v) is 3.45. The fraction of sp³-hybridized carbons (Fsp3) is 0.500. The van der Waals surface area contributed by atoms with Gasteiger partial charge in [0.15, 0.2) is 0 Å². The molecule has 0 fully saturated rings. The molecule has 0 bridgehead atoms. The minimum atomic E-state index is -0.267. The van der Waals surface area contributed by atoms with Crippen LogP contribution in [-0.2, 0) is 16.1 Å². The topological polar surface area (TPSA) is 49.4 Å². The van der Waals surface area contributed by atoms with Crippen molar-refractivity contribution in [3.8, 4) is 0 Å². The van der Waals surface area contributed by atoms with Crippen LogP contribution in [-0.4, -0.2) is 29.8 Å². The van der Waals surface area contributed by atoms with Gasteiger partial charge >= 0.3 is 0 Å². The molecule has 1 aromatic carbocycles. The Morgan fingerprint density at radius 1 is 1.14 bits per heavy atom. The summed E-state index contributed by atoms with van der Waals surface area (Å²) in [7, 11) is 0. The third kappa shape index (κ3) is 6.17. The van der Waals surface area contributed by atoms with Crippen LogP contribution in [0.25, 0.3) is 0 Å². The Morgan fingerprint density at radius 3 is 2.33 bits per heavy atom. The summed E-state index contributed by atoms with van der Waals surface area (Å²) >= 11 is 6.02. The van der Waals surface area contributed by atoms with E-state index in [9.17, 15) is 9.59 Å². The Balaban J connectivity index is 2.45. The molecule has 0 heterocycles. The molecular formula is C16H23ClN2O2. The molecule has 1 aromatic rings. The average Bonchev–Trinajstić information content (AvgIpc) is 2.46. The van der Waals surface area contributed by atoms with Gasteiger partial charge in [0.05, 0.1) is 0 Å². The number of carbonyl (C=O) groups excluding carboxylic acids is 2. The van der Waals surface area contributed by atoms with Gasteiger partial charge in [-0.1, -0.05) is 43.6 Å². The van der Waals surface area contributed by atoms with Crippen molar-refractivity contribution in [2.45, 2.75) is 39.7 Å². The minimum absolute atomic E-state index is 0.107. The zero-order chi connectivity index (χ0) is 15.7. The fourth-order valence-electron chi connectivity index (χ4n) is 2.05. The summed E-state index contributed by atoms with van der Waals surface area (Å²) in [6.07, 6.45) is 1.68. The van der Waals surface area contributed by atoms with Crippen LogP contribution in [0.5, 0.6) is 0 Å². The van der Waals surface area contributed by atoms with Crippen LogP contribution in [0.2, 0.25) is 5.02 Å². The first-order valence-electron chi connectivity index (χ1n) is 7.36. The largest absolute Gasteiger partial charge is 0.352 e. The van der Waals surface area contributed by atoms with Gasteiger partial charge in [-0.05, 0) is 24.5 Å². The zero-order valence-corrected chi connectivity index (χ0v) is 13.4. The highest BCUT2D eigenvalue weighted by Crippen LogP contribution is 2.14. The Morgan fingerprint density at radius 2 is 1.76 bits per heavy atom. The first-order chi connectivity index (χ1) is 10.1. The van der Waals surface area contributed by atoms with Gasteiger partial charge in [-0.2, -0.15) is 0 Å². The van der Waals surface area contributed by atoms with Crippen molar-refractivity contribution in [3.63, 3.8) is 0 Å². The Bertz CT molecular complexity index is 471. The number of nitrogens with zero attached hydrogens (tertiary/aromatic N) is 1. The van der Waals surface area contributed by atoms with Crippen LogP contribution in [0, 0.1) is 0 Å². The number of carbonyl (C=O) groups is 2. The van der Waals surface area contributed by atoms with E-state index in [1.165, 1.54) is 0 Å². The maximum atomic E-state index is 12.1. The molecule has 0 radical (unpaired) electrons. The number of nitrogens with one attached hydrogen (secondary N) is 1. The second kappa shape index (κ2) is 9.40. The summed E-state index contributed by atoms with van der Waals surface area (Å²) in [4.78, 5) is 25.6. The van der Waals surface area contributed by atoms with E-state index in [1.54, 1.807) is 11.0 Å². The van der Waals surface area contributed by atoms with Gasteiger partial charge in [-0.25, -0.2) is 0 Å². The molecule has 0 aliphatic rings.